The molecule has 0 fully saturated rings. The quantitative estimate of drug-likeness (QED) is 0.548. The predicted molar refractivity (Wildman–Crippen MR) is 116 cm³/mol. The summed E-state index contributed by atoms with van der Waals surface area (Å²) < 4.78 is 11.3. The van der Waals surface area contributed by atoms with Crippen molar-refractivity contribution in [3.8, 4) is 11.5 Å². The standard InChI is InChI=1S/C25H21NO6/c1-31-22-14-17(11-12-21(22)32-15-16-7-3-2-4-8-16)13-20(25(29)30)26-23(27)18-9-5-6-10-19(18)24(26)28/h2-12,14,20H,13,15H2,1H3,(H,29,30). The Morgan fingerprint density at radius 2 is 1.50 bits per heavy atom. The lowest BCUT2D eigenvalue weighted by Gasteiger charge is -2.23. The minimum absolute atomic E-state index is 0.0594. The number of ether oxygens (including phenoxy) is 2. The molecule has 32 heavy (non-hydrogen) atoms. The van der Waals surface area contributed by atoms with Crippen molar-refractivity contribution >= 4 is 17.8 Å². The van der Waals surface area contributed by atoms with Crippen LogP contribution in [0.15, 0.2) is 72.8 Å². The van der Waals surface area contributed by atoms with E-state index in [0.717, 1.165) is 10.5 Å². The van der Waals surface area contributed by atoms with Gasteiger partial charge in [-0.15, -0.1) is 0 Å². The van der Waals surface area contributed by atoms with Crippen LogP contribution in [0.25, 0.3) is 0 Å². The zero-order valence-corrected chi connectivity index (χ0v) is 17.4. The van der Waals surface area contributed by atoms with Gasteiger partial charge in [0.05, 0.1) is 18.2 Å². The third-order valence-corrected chi connectivity index (χ3v) is 5.32. The first-order valence-corrected chi connectivity index (χ1v) is 10.0. The van der Waals surface area contributed by atoms with Gasteiger partial charge in [-0.1, -0.05) is 48.5 Å². The van der Waals surface area contributed by atoms with E-state index >= 15 is 0 Å². The number of carboxylic acids is 1. The molecule has 1 N–H and O–H groups in total. The van der Waals surface area contributed by atoms with Crippen LogP contribution >= 0.6 is 0 Å². The number of fused-ring (bicyclic) bond motifs is 1. The van der Waals surface area contributed by atoms with Gasteiger partial charge in [0.2, 0.25) is 0 Å². The van der Waals surface area contributed by atoms with Crippen molar-refractivity contribution < 1.29 is 29.0 Å². The molecule has 0 spiro atoms. The smallest absolute Gasteiger partial charge is 0.327 e. The summed E-state index contributed by atoms with van der Waals surface area (Å²) in [6.45, 7) is 0.351. The summed E-state index contributed by atoms with van der Waals surface area (Å²) in [7, 11) is 1.49. The monoisotopic (exact) mass is 431 g/mol. The summed E-state index contributed by atoms with van der Waals surface area (Å²) in [6, 6.07) is 19.7. The molecule has 0 aliphatic carbocycles. The Morgan fingerprint density at radius 3 is 2.09 bits per heavy atom. The summed E-state index contributed by atoms with van der Waals surface area (Å²) in [6.07, 6.45) is -0.0594. The van der Waals surface area contributed by atoms with Gasteiger partial charge in [-0.3, -0.25) is 14.5 Å². The van der Waals surface area contributed by atoms with E-state index in [-0.39, 0.29) is 17.5 Å². The van der Waals surface area contributed by atoms with E-state index in [0.29, 0.717) is 23.7 Å². The number of carboxylic acid groups (broad SMARTS) is 1. The third-order valence-electron chi connectivity index (χ3n) is 5.32. The first kappa shape index (κ1) is 21.1. The molecule has 3 aromatic carbocycles. The van der Waals surface area contributed by atoms with Crippen LogP contribution in [-0.4, -0.2) is 40.9 Å². The van der Waals surface area contributed by atoms with Crippen LogP contribution < -0.4 is 9.47 Å². The average Bonchev–Trinajstić information content (AvgIpc) is 3.07. The molecule has 0 aromatic heterocycles. The van der Waals surface area contributed by atoms with E-state index in [1.165, 1.54) is 19.2 Å². The van der Waals surface area contributed by atoms with Crippen LogP contribution in [0, 0.1) is 0 Å². The molecule has 1 aliphatic heterocycles. The van der Waals surface area contributed by atoms with Crippen molar-refractivity contribution in [2.75, 3.05) is 7.11 Å². The Hall–Kier alpha value is -4.13. The number of carbonyl (C=O) groups excluding carboxylic acids is 2. The molecule has 0 bridgehead atoms. The van der Waals surface area contributed by atoms with Gasteiger partial charge in [0.15, 0.2) is 11.5 Å². The largest absolute Gasteiger partial charge is 0.493 e. The second-order valence-electron chi connectivity index (χ2n) is 7.34. The van der Waals surface area contributed by atoms with E-state index in [2.05, 4.69) is 0 Å². The topological polar surface area (TPSA) is 93.1 Å². The highest BCUT2D eigenvalue weighted by atomic mass is 16.5. The predicted octanol–water partition coefficient (Wildman–Crippen LogP) is 3.57. The van der Waals surface area contributed by atoms with E-state index in [1.54, 1.807) is 30.3 Å². The lowest BCUT2D eigenvalue weighted by atomic mass is 10.0. The van der Waals surface area contributed by atoms with Crippen LogP contribution in [0.1, 0.15) is 31.8 Å². The lowest BCUT2D eigenvalue weighted by Crippen LogP contribution is -2.46. The maximum atomic E-state index is 12.7. The Balaban J connectivity index is 1.54. The Labute approximate surface area is 184 Å². The van der Waals surface area contributed by atoms with Crippen LogP contribution in [0.4, 0.5) is 0 Å². The summed E-state index contributed by atoms with van der Waals surface area (Å²) in [4.78, 5) is 38.3. The van der Waals surface area contributed by atoms with Crippen molar-refractivity contribution in [2.24, 2.45) is 0 Å². The minimum Gasteiger partial charge on any atom is -0.493 e. The number of carbonyl (C=O) groups is 3. The fourth-order valence-electron chi connectivity index (χ4n) is 3.70. The number of aliphatic carboxylic acids is 1. The molecular weight excluding hydrogens is 410 g/mol. The van der Waals surface area contributed by atoms with Gasteiger partial charge in [0.1, 0.15) is 12.6 Å². The molecule has 162 valence electrons. The van der Waals surface area contributed by atoms with Crippen LogP contribution in [0.5, 0.6) is 11.5 Å². The van der Waals surface area contributed by atoms with Gasteiger partial charge in [0.25, 0.3) is 11.8 Å². The minimum atomic E-state index is -1.34. The van der Waals surface area contributed by atoms with E-state index in [1.807, 2.05) is 30.3 Å². The van der Waals surface area contributed by atoms with Gasteiger partial charge in [-0.25, -0.2) is 4.79 Å². The van der Waals surface area contributed by atoms with Crippen molar-refractivity contribution in [3.05, 3.63) is 95.1 Å². The third kappa shape index (κ3) is 4.05. The molecule has 1 unspecified atom stereocenters. The van der Waals surface area contributed by atoms with Crippen LogP contribution in [0.3, 0.4) is 0 Å². The molecule has 0 radical (unpaired) electrons. The molecule has 1 atom stereocenters. The van der Waals surface area contributed by atoms with Gasteiger partial charge < -0.3 is 14.6 Å². The van der Waals surface area contributed by atoms with E-state index in [4.69, 9.17) is 9.47 Å². The number of hydrogen-bond acceptors (Lipinski definition) is 5. The van der Waals surface area contributed by atoms with Gasteiger partial charge in [0, 0.05) is 6.42 Å². The number of methoxy groups -OCH3 is 1. The van der Waals surface area contributed by atoms with E-state index < -0.39 is 23.8 Å². The zero-order valence-electron chi connectivity index (χ0n) is 17.4. The normalized spacial score (nSPS) is 13.6. The second-order valence-corrected chi connectivity index (χ2v) is 7.34. The number of rotatable bonds is 8. The first-order chi connectivity index (χ1) is 15.5. The van der Waals surface area contributed by atoms with Crippen molar-refractivity contribution in [3.63, 3.8) is 0 Å². The fraction of sp³-hybridized carbons (Fsp3) is 0.160. The second kappa shape index (κ2) is 8.93. The molecule has 7 heteroatoms. The number of benzene rings is 3. The van der Waals surface area contributed by atoms with Gasteiger partial charge in [-0.2, -0.15) is 0 Å². The Morgan fingerprint density at radius 1 is 0.875 bits per heavy atom. The zero-order chi connectivity index (χ0) is 22.7. The van der Waals surface area contributed by atoms with Crippen molar-refractivity contribution in [1.82, 2.24) is 4.90 Å². The number of imide groups is 1. The Bertz CT molecular complexity index is 1140. The summed E-state index contributed by atoms with van der Waals surface area (Å²) >= 11 is 0. The fourth-order valence-corrected chi connectivity index (χ4v) is 3.70. The molecule has 2 amide bonds. The molecular formula is C25H21NO6. The molecule has 4 rings (SSSR count). The van der Waals surface area contributed by atoms with Gasteiger partial charge in [-0.05, 0) is 35.4 Å². The van der Waals surface area contributed by atoms with Crippen LogP contribution in [-0.2, 0) is 17.8 Å². The Kier molecular flexibility index (Phi) is 5.89. The van der Waals surface area contributed by atoms with Crippen LogP contribution in [0.2, 0.25) is 0 Å². The molecule has 1 aliphatic rings. The summed E-state index contributed by atoms with van der Waals surface area (Å²) in [5.41, 5.74) is 2.02. The molecule has 3 aromatic rings. The maximum Gasteiger partial charge on any atom is 0.327 e. The molecule has 0 saturated carbocycles. The molecule has 0 saturated heterocycles. The highest BCUT2D eigenvalue weighted by Crippen LogP contribution is 2.31. The maximum absolute atomic E-state index is 12.7. The number of amides is 2. The lowest BCUT2D eigenvalue weighted by molar-refractivity contribution is -0.141. The van der Waals surface area contributed by atoms with Crippen molar-refractivity contribution in [1.29, 1.82) is 0 Å². The van der Waals surface area contributed by atoms with Gasteiger partial charge >= 0.3 is 5.97 Å². The SMILES string of the molecule is COc1cc(CC(C(=O)O)N2C(=O)c3ccccc3C2=O)ccc1OCc1ccccc1. The van der Waals surface area contributed by atoms with Crippen molar-refractivity contribution in [2.45, 2.75) is 19.1 Å². The highest BCUT2D eigenvalue weighted by Gasteiger charge is 2.42. The summed E-state index contributed by atoms with van der Waals surface area (Å²) in [5, 5.41) is 9.80. The first-order valence-electron chi connectivity index (χ1n) is 10.0. The number of nitrogens with zero attached hydrogens (tertiary/aromatic N) is 1. The van der Waals surface area contributed by atoms with E-state index in [9.17, 15) is 19.5 Å². The number of hydrogen-bond donors (Lipinski definition) is 1. The molecule has 7 nitrogen and oxygen atoms in total. The highest BCUT2D eigenvalue weighted by molar-refractivity contribution is 6.22. The average molecular weight is 431 g/mol. The molecule has 1 heterocycles. The summed E-state index contributed by atoms with van der Waals surface area (Å²) in [5.74, 6) is -1.53.